The first-order chi connectivity index (χ1) is 13.5. The molecular weight excluding hydrogens is 360 g/mol. The fourth-order valence-electron chi connectivity index (χ4n) is 3.85. The van der Waals surface area contributed by atoms with Gasteiger partial charge in [-0.15, -0.1) is 0 Å². The van der Waals surface area contributed by atoms with Crippen LogP contribution < -0.4 is 5.32 Å². The number of nitro benzene ring substituents is 1. The van der Waals surface area contributed by atoms with Gasteiger partial charge in [-0.3, -0.25) is 14.9 Å². The molecule has 0 saturated heterocycles. The van der Waals surface area contributed by atoms with Gasteiger partial charge in [-0.25, -0.2) is 4.79 Å². The number of para-hydroxylation sites is 1. The van der Waals surface area contributed by atoms with Gasteiger partial charge in [-0.05, 0) is 26.2 Å². The maximum Gasteiger partial charge on any atom is 0.336 e. The smallest absolute Gasteiger partial charge is 0.336 e. The third-order valence-electron chi connectivity index (χ3n) is 5.17. The SMILES string of the molecule is CCCCOC(=O)C1=C(C)NC2=C(C(=O)CCC2)[C@@H]1c1ccccc1[N+](=O)[O-]. The minimum atomic E-state index is -0.792. The van der Waals surface area contributed by atoms with Gasteiger partial charge in [-0.1, -0.05) is 31.5 Å². The predicted molar refractivity (Wildman–Crippen MR) is 103 cm³/mol. The number of carbonyl (C=O) groups is 2. The van der Waals surface area contributed by atoms with Gasteiger partial charge in [-0.2, -0.15) is 0 Å². The molecule has 0 saturated carbocycles. The molecule has 7 heteroatoms. The highest BCUT2D eigenvalue weighted by Gasteiger charge is 2.41. The van der Waals surface area contributed by atoms with E-state index in [1.54, 1.807) is 25.1 Å². The Bertz CT molecular complexity index is 885. The lowest BCUT2D eigenvalue weighted by molar-refractivity contribution is -0.385. The first kappa shape index (κ1) is 19.8. The lowest BCUT2D eigenvalue weighted by Gasteiger charge is -2.33. The largest absolute Gasteiger partial charge is 0.462 e. The Labute approximate surface area is 163 Å². The lowest BCUT2D eigenvalue weighted by atomic mass is 9.75. The lowest BCUT2D eigenvalue weighted by Crippen LogP contribution is -2.34. The first-order valence-corrected chi connectivity index (χ1v) is 9.60. The molecule has 1 heterocycles. The zero-order valence-electron chi connectivity index (χ0n) is 16.1. The van der Waals surface area contributed by atoms with Gasteiger partial charge >= 0.3 is 5.97 Å². The van der Waals surface area contributed by atoms with Crippen LogP contribution in [0.25, 0.3) is 0 Å². The molecule has 0 bridgehead atoms. The van der Waals surface area contributed by atoms with E-state index in [0.717, 1.165) is 25.0 Å². The number of unbranched alkanes of at least 4 members (excludes halogenated alkanes) is 1. The number of nitrogens with zero attached hydrogens (tertiary/aromatic N) is 1. The van der Waals surface area contributed by atoms with Crippen molar-refractivity contribution >= 4 is 17.4 Å². The van der Waals surface area contributed by atoms with Gasteiger partial charge in [0.05, 0.1) is 23.0 Å². The van der Waals surface area contributed by atoms with Crippen molar-refractivity contribution in [2.45, 2.75) is 51.9 Å². The molecule has 7 nitrogen and oxygen atoms in total. The van der Waals surface area contributed by atoms with E-state index in [9.17, 15) is 19.7 Å². The Hall–Kier alpha value is -2.96. The number of nitro groups is 1. The van der Waals surface area contributed by atoms with Crippen molar-refractivity contribution in [3.05, 3.63) is 62.5 Å². The van der Waals surface area contributed by atoms with E-state index in [1.807, 2.05) is 6.92 Å². The summed E-state index contributed by atoms with van der Waals surface area (Å²) >= 11 is 0. The molecule has 1 aromatic carbocycles. The number of esters is 1. The summed E-state index contributed by atoms with van der Waals surface area (Å²) in [7, 11) is 0. The Morgan fingerprint density at radius 1 is 1.32 bits per heavy atom. The number of benzene rings is 1. The van der Waals surface area contributed by atoms with E-state index in [0.29, 0.717) is 29.7 Å². The third kappa shape index (κ3) is 3.69. The van der Waals surface area contributed by atoms with Crippen LogP contribution in [0.3, 0.4) is 0 Å². The minimum absolute atomic E-state index is 0.0803. The summed E-state index contributed by atoms with van der Waals surface area (Å²) in [6, 6.07) is 6.29. The van der Waals surface area contributed by atoms with Gasteiger partial charge in [0.2, 0.25) is 0 Å². The van der Waals surface area contributed by atoms with E-state index < -0.39 is 16.8 Å². The molecule has 28 heavy (non-hydrogen) atoms. The van der Waals surface area contributed by atoms with Gasteiger partial charge in [0.25, 0.3) is 5.69 Å². The van der Waals surface area contributed by atoms with Crippen LogP contribution >= 0.6 is 0 Å². The fraction of sp³-hybridized carbons (Fsp3) is 0.429. The Morgan fingerprint density at radius 3 is 2.79 bits per heavy atom. The highest BCUT2D eigenvalue weighted by atomic mass is 16.6. The molecule has 1 aromatic rings. The van der Waals surface area contributed by atoms with Crippen LogP contribution in [0.4, 0.5) is 5.69 Å². The van der Waals surface area contributed by atoms with Gasteiger partial charge in [0, 0.05) is 35.0 Å². The molecule has 1 N–H and O–H groups in total. The molecule has 0 amide bonds. The molecule has 0 spiro atoms. The topological polar surface area (TPSA) is 98.5 Å². The van der Waals surface area contributed by atoms with Gasteiger partial charge in [0.1, 0.15) is 0 Å². The number of nitrogens with one attached hydrogen (secondary N) is 1. The molecule has 0 aromatic heterocycles. The van der Waals surface area contributed by atoms with Crippen LogP contribution in [-0.4, -0.2) is 23.3 Å². The zero-order valence-corrected chi connectivity index (χ0v) is 16.1. The van der Waals surface area contributed by atoms with Gasteiger partial charge < -0.3 is 10.1 Å². The van der Waals surface area contributed by atoms with Crippen LogP contribution in [0.2, 0.25) is 0 Å². The first-order valence-electron chi connectivity index (χ1n) is 9.60. The zero-order chi connectivity index (χ0) is 20.3. The molecule has 2 aliphatic rings. The molecule has 1 atom stereocenters. The van der Waals surface area contributed by atoms with E-state index in [1.165, 1.54) is 6.07 Å². The van der Waals surface area contributed by atoms with E-state index in [-0.39, 0.29) is 23.7 Å². The van der Waals surface area contributed by atoms with Crippen molar-refractivity contribution in [1.82, 2.24) is 5.32 Å². The number of dihydropyridines is 1. The van der Waals surface area contributed by atoms with Crippen molar-refractivity contribution in [1.29, 1.82) is 0 Å². The highest BCUT2D eigenvalue weighted by molar-refractivity contribution is 6.04. The molecule has 0 unspecified atom stereocenters. The van der Waals surface area contributed by atoms with Crippen LogP contribution in [0.15, 0.2) is 46.8 Å². The van der Waals surface area contributed by atoms with Crippen molar-refractivity contribution in [2.24, 2.45) is 0 Å². The summed E-state index contributed by atoms with van der Waals surface area (Å²) in [4.78, 5) is 36.9. The average molecular weight is 384 g/mol. The molecule has 1 aliphatic heterocycles. The molecule has 0 fully saturated rings. The summed E-state index contributed by atoms with van der Waals surface area (Å²) in [6.07, 6.45) is 3.37. The second kappa shape index (κ2) is 8.37. The van der Waals surface area contributed by atoms with Crippen molar-refractivity contribution < 1.29 is 19.2 Å². The van der Waals surface area contributed by atoms with Crippen molar-refractivity contribution in [2.75, 3.05) is 6.61 Å². The number of allylic oxidation sites excluding steroid dienone is 3. The Balaban J connectivity index is 2.14. The van der Waals surface area contributed by atoms with Crippen LogP contribution in [-0.2, 0) is 14.3 Å². The Morgan fingerprint density at radius 2 is 2.07 bits per heavy atom. The van der Waals surface area contributed by atoms with E-state index in [4.69, 9.17) is 4.74 Å². The monoisotopic (exact) mass is 384 g/mol. The maximum atomic E-state index is 12.9. The summed E-state index contributed by atoms with van der Waals surface area (Å²) in [5.41, 5.74) is 2.30. The quantitative estimate of drug-likeness (QED) is 0.346. The molecule has 1 aliphatic carbocycles. The second-order valence-electron chi connectivity index (χ2n) is 7.07. The van der Waals surface area contributed by atoms with E-state index in [2.05, 4.69) is 5.32 Å². The summed E-state index contributed by atoms with van der Waals surface area (Å²) in [5.74, 6) is -1.41. The number of ketones is 1. The summed E-state index contributed by atoms with van der Waals surface area (Å²) in [5, 5.41) is 14.8. The number of rotatable bonds is 6. The minimum Gasteiger partial charge on any atom is -0.462 e. The van der Waals surface area contributed by atoms with Crippen LogP contribution in [0.5, 0.6) is 0 Å². The number of hydrogen-bond donors (Lipinski definition) is 1. The van der Waals surface area contributed by atoms with E-state index >= 15 is 0 Å². The molecule has 148 valence electrons. The Kier molecular flexibility index (Phi) is 5.92. The second-order valence-corrected chi connectivity index (χ2v) is 7.07. The normalized spacial score (nSPS) is 19.2. The van der Waals surface area contributed by atoms with Crippen molar-refractivity contribution in [3.63, 3.8) is 0 Å². The number of ether oxygens (including phenoxy) is 1. The summed E-state index contributed by atoms with van der Waals surface area (Å²) in [6.45, 7) is 4.02. The molecule has 3 rings (SSSR count). The van der Waals surface area contributed by atoms with Crippen molar-refractivity contribution in [3.8, 4) is 0 Å². The number of carbonyl (C=O) groups excluding carboxylic acids is 2. The standard InChI is InChI=1S/C21H24N2O5/c1-3-4-12-28-21(25)18-13(2)22-15-9-7-11-17(24)20(15)19(18)14-8-5-6-10-16(14)23(26)27/h5-6,8,10,19,22H,3-4,7,9,11-12H2,1-2H3/t19-/m1/s1. The number of Topliss-reactive ketones (excluding diaryl/α,β-unsaturated/α-hetero) is 1. The average Bonchev–Trinajstić information content (AvgIpc) is 2.67. The fourth-order valence-corrected chi connectivity index (χ4v) is 3.85. The highest BCUT2D eigenvalue weighted by Crippen LogP contribution is 2.45. The van der Waals surface area contributed by atoms with Crippen LogP contribution in [0, 0.1) is 10.1 Å². The number of hydrogen-bond acceptors (Lipinski definition) is 6. The molecule has 0 radical (unpaired) electrons. The summed E-state index contributed by atoms with van der Waals surface area (Å²) < 4.78 is 5.42. The van der Waals surface area contributed by atoms with Gasteiger partial charge in [0.15, 0.2) is 5.78 Å². The van der Waals surface area contributed by atoms with Crippen LogP contribution in [0.1, 0.15) is 57.4 Å². The third-order valence-corrected chi connectivity index (χ3v) is 5.17. The predicted octanol–water partition coefficient (Wildman–Crippen LogP) is 3.91. The maximum absolute atomic E-state index is 12.9. The molecular formula is C21H24N2O5.